The maximum atomic E-state index is 11.9. The van der Waals surface area contributed by atoms with Crippen molar-refractivity contribution in [2.24, 2.45) is 0 Å². The molecule has 0 aliphatic carbocycles. The molecule has 23 heavy (non-hydrogen) atoms. The van der Waals surface area contributed by atoms with E-state index >= 15 is 0 Å². The molecular formula is C18H24N4O. The number of carbonyl (C=O) groups excluding carboxylic acids is 1. The highest BCUT2D eigenvalue weighted by Gasteiger charge is 2.17. The van der Waals surface area contributed by atoms with Crippen LogP contribution in [0.4, 0.5) is 0 Å². The molecule has 1 atom stereocenters. The maximum Gasteiger partial charge on any atom is 0.269 e. The minimum Gasteiger partial charge on any atom is -0.347 e. The van der Waals surface area contributed by atoms with Crippen LogP contribution in [0.5, 0.6) is 0 Å². The molecule has 1 aliphatic heterocycles. The van der Waals surface area contributed by atoms with Gasteiger partial charge in [-0.1, -0.05) is 30.7 Å². The molecule has 3 rings (SSSR count). The van der Waals surface area contributed by atoms with E-state index in [0.29, 0.717) is 18.3 Å². The number of nitrogens with zero attached hydrogens (tertiary/aromatic N) is 2. The molecular weight excluding hydrogens is 288 g/mol. The molecule has 5 nitrogen and oxygen atoms in total. The van der Waals surface area contributed by atoms with Crippen molar-refractivity contribution in [2.75, 3.05) is 6.54 Å². The molecule has 5 heteroatoms. The van der Waals surface area contributed by atoms with E-state index in [2.05, 4.69) is 51.6 Å². The van der Waals surface area contributed by atoms with E-state index in [-0.39, 0.29) is 5.91 Å². The van der Waals surface area contributed by atoms with Crippen LogP contribution in [0.3, 0.4) is 0 Å². The molecule has 0 spiro atoms. The predicted octanol–water partition coefficient (Wildman–Crippen LogP) is 2.71. The van der Waals surface area contributed by atoms with Gasteiger partial charge in [0.15, 0.2) is 0 Å². The summed E-state index contributed by atoms with van der Waals surface area (Å²) in [6, 6.07) is 10.9. The Kier molecular flexibility index (Phi) is 5.08. The van der Waals surface area contributed by atoms with Gasteiger partial charge in [-0.2, -0.15) is 5.10 Å². The average molecular weight is 312 g/mol. The average Bonchev–Trinajstić information content (AvgIpc) is 3.11. The van der Waals surface area contributed by atoms with Gasteiger partial charge in [0.25, 0.3) is 5.91 Å². The molecule has 122 valence electrons. The highest BCUT2D eigenvalue weighted by Crippen LogP contribution is 2.19. The number of hydrogen-bond acceptors (Lipinski definition) is 3. The topological polar surface area (TPSA) is 61.0 Å². The lowest BCUT2D eigenvalue weighted by Gasteiger charge is -2.33. The molecule has 1 unspecified atom stereocenters. The molecule has 2 aromatic rings. The van der Waals surface area contributed by atoms with Gasteiger partial charge in [0, 0.05) is 25.3 Å². The highest BCUT2D eigenvalue weighted by molar-refractivity contribution is 5.91. The van der Waals surface area contributed by atoms with Gasteiger partial charge in [0.2, 0.25) is 0 Å². The third-order valence-corrected chi connectivity index (χ3v) is 4.55. The fraction of sp³-hybridized carbons (Fsp3) is 0.444. The summed E-state index contributed by atoms with van der Waals surface area (Å²) in [6.45, 7) is 5.06. The van der Waals surface area contributed by atoms with Gasteiger partial charge in [-0.3, -0.25) is 14.8 Å². The van der Waals surface area contributed by atoms with Crippen molar-refractivity contribution in [1.82, 2.24) is 20.4 Å². The summed E-state index contributed by atoms with van der Waals surface area (Å²) < 4.78 is 0. The predicted molar refractivity (Wildman–Crippen MR) is 89.9 cm³/mol. The van der Waals surface area contributed by atoms with Crippen molar-refractivity contribution in [3.05, 3.63) is 53.3 Å². The third kappa shape index (κ3) is 4.20. The molecule has 1 fully saturated rings. The first-order valence-electron chi connectivity index (χ1n) is 8.32. The lowest BCUT2D eigenvalue weighted by Crippen LogP contribution is -2.36. The summed E-state index contributed by atoms with van der Waals surface area (Å²) in [4.78, 5) is 14.4. The first kappa shape index (κ1) is 15.7. The minimum atomic E-state index is -0.131. The van der Waals surface area contributed by atoms with Crippen LogP contribution in [-0.4, -0.2) is 33.6 Å². The molecule has 0 radical (unpaired) electrons. The fourth-order valence-corrected chi connectivity index (χ4v) is 3.05. The lowest BCUT2D eigenvalue weighted by molar-refractivity contribution is 0.0946. The molecule has 1 amide bonds. The van der Waals surface area contributed by atoms with Crippen molar-refractivity contribution in [3.63, 3.8) is 0 Å². The molecule has 1 aromatic heterocycles. The zero-order chi connectivity index (χ0) is 16.1. The summed E-state index contributed by atoms with van der Waals surface area (Å²) in [5, 5.41) is 9.33. The van der Waals surface area contributed by atoms with E-state index in [1.165, 1.54) is 31.4 Å². The SMILES string of the molecule is CC1CCCCN1Cc1ccc(CNC(=O)c2ccn[nH]2)cc1. The van der Waals surface area contributed by atoms with Crippen LogP contribution in [0.15, 0.2) is 36.5 Å². The van der Waals surface area contributed by atoms with E-state index in [9.17, 15) is 4.79 Å². The standard InChI is InChI=1S/C18H24N4O/c1-14-4-2-3-11-22(14)13-16-7-5-15(6-8-16)12-19-18(23)17-9-10-20-21-17/h5-10,14H,2-4,11-13H2,1H3,(H,19,23)(H,20,21). The summed E-state index contributed by atoms with van der Waals surface area (Å²) in [6.07, 6.45) is 5.54. The molecule has 1 saturated heterocycles. The number of benzene rings is 1. The fourth-order valence-electron chi connectivity index (χ4n) is 3.05. The number of aromatic amines is 1. The zero-order valence-corrected chi connectivity index (χ0v) is 13.6. The van der Waals surface area contributed by atoms with E-state index < -0.39 is 0 Å². The van der Waals surface area contributed by atoms with Gasteiger partial charge in [-0.15, -0.1) is 0 Å². The van der Waals surface area contributed by atoms with Crippen LogP contribution in [0, 0.1) is 0 Å². The number of piperidine rings is 1. The number of carbonyl (C=O) groups is 1. The number of aromatic nitrogens is 2. The lowest BCUT2D eigenvalue weighted by atomic mass is 10.0. The Morgan fingerprint density at radius 2 is 2.04 bits per heavy atom. The number of rotatable bonds is 5. The normalized spacial score (nSPS) is 18.7. The number of hydrogen-bond donors (Lipinski definition) is 2. The Morgan fingerprint density at radius 1 is 1.26 bits per heavy atom. The minimum absolute atomic E-state index is 0.131. The van der Waals surface area contributed by atoms with Gasteiger partial charge >= 0.3 is 0 Å². The molecule has 1 aliphatic rings. The first-order chi connectivity index (χ1) is 11.2. The second-order valence-corrected chi connectivity index (χ2v) is 6.28. The summed E-state index contributed by atoms with van der Waals surface area (Å²) in [7, 11) is 0. The van der Waals surface area contributed by atoms with Gasteiger partial charge in [-0.05, 0) is 43.5 Å². The van der Waals surface area contributed by atoms with Crippen LogP contribution >= 0.6 is 0 Å². The summed E-state index contributed by atoms with van der Waals surface area (Å²) in [5.74, 6) is -0.131. The van der Waals surface area contributed by atoms with E-state index in [0.717, 1.165) is 12.1 Å². The van der Waals surface area contributed by atoms with E-state index in [1.807, 2.05) is 0 Å². The smallest absolute Gasteiger partial charge is 0.269 e. The maximum absolute atomic E-state index is 11.9. The van der Waals surface area contributed by atoms with E-state index in [4.69, 9.17) is 0 Å². The largest absolute Gasteiger partial charge is 0.347 e. The van der Waals surface area contributed by atoms with Crippen LogP contribution in [0.25, 0.3) is 0 Å². The Balaban J connectivity index is 1.51. The molecule has 2 N–H and O–H groups in total. The Morgan fingerprint density at radius 3 is 2.74 bits per heavy atom. The van der Waals surface area contributed by atoms with Gasteiger partial charge in [-0.25, -0.2) is 0 Å². The molecule has 0 saturated carbocycles. The number of nitrogens with one attached hydrogen (secondary N) is 2. The first-order valence-corrected chi connectivity index (χ1v) is 8.32. The van der Waals surface area contributed by atoms with Crippen LogP contribution in [-0.2, 0) is 13.1 Å². The van der Waals surface area contributed by atoms with Crippen molar-refractivity contribution in [2.45, 2.75) is 45.3 Å². The van der Waals surface area contributed by atoms with Crippen LogP contribution < -0.4 is 5.32 Å². The second kappa shape index (κ2) is 7.42. The van der Waals surface area contributed by atoms with Gasteiger partial charge in [0.05, 0.1) is 0 Å². The quantitative estimate of drug-likeness (QED) is 0.892. The van der Waals surface area contributed by atoms with Crippen molar-refractivity contribution < 1.29 is 4.79 Å². The Bertz CT molecular complexity index is 621. The zero-order valence-electron chi connectivity index (χ0n) is 13.6. The van der Waals surface area contributed by atoms with Gasteiger partial charge < -0.3 is 5.32 Å². The van der Waals surface area contributed by atoms with Crippen molar-refractivity contribution in [1.29, 1.82) is 0 Å². The molecule has 0 bridgehead atoms. The van der Waals surface area contributed by atoms with E-state index in [1.54, 1.807) is 12.3 Å². The number of H-pyrrole nitrogens is 1. The number of likely N-dealkylation sites (tertiary alicyclic amines) is 1. The van der Waals surface area contributed by atoms with Crippen molar-refractivity contribution in [3.8, 4) is 0 Å². The molecule has 1 aromatic carbocycles. The molecule has 2 heterocycles. The summed E-state index contributed by atoms with van der Waals surface area (Å²) in [5.41, 5.74) is 2.93. The van der Waals surface area contributed by atoms with Crippen LogP contribution in [0.2, 0.25) is 0 Å². The summed E-state index contributed by atoms with van der Waals surface area (Å²) >= 11 is 0. The Hall–Kier alpha value is -2.14. The van der Waals surface area contributed by atoms with Crippen LogP contribution in [0.1, 0.15) is 47.8 Å². The Labute approximate surface area is 137 Å². The highest BCUT2D eigenvalue weighted by atomic mass is 16.1. The van der Waals surface area contributed by atoms with Crippen molar-refractivity contribution >= 4 is 5.91 Å². The monoisotopic (exact) mass is 312 g/mol. The third-order valence-electron chi connectivity index (χ3n) is 4.55. The second-order valence-electron chi connectivity index (χ2n) is 6.28. The van der Waals surface area contributed by atoms with Gasteiger partial charge in [0.1, 0.15) is 5.69 Å². The number of amides is 1.